The van der Waals surface area contributed by atoms with Gasteiger partial charge >= 0.3 is 0 Å². The van der Waals surface area contributed by atoms with E-state index in [-0.39, 0.29) is 6.04 Å². The summed E-state index contributed by atoms with van der Waals surface area (Å²) in [4.78, 5) is 6.63. The largest absolute Gasteiger partial charge is 0.353 e. The van der Waals surface area contributed by atoms with Gasteiger partial charge in [-0.1, -0.05) is 23.7 Å². The van der Waals surface area contributed by atoms with Crippen LogP contribution in [0.3, 0.4) is 0 Å². The first-order valence-corrected chi connectivity index (χ1v) is 7.05. The van der Waals surface area contributed by atoms with Gasteiger partial charge in [-0.15, -0.1) is 0 Å². The molecule has 0 radical (unpaired) electrons. The molecule has 1 atom stereocenters. The van der Waals surface area contributed by atoms with Gasteiger partial charge in [0.15, 0.2) is 0 Å². The van der Waals surface area contributed by atoms with E-state index in [1.54, 1.807) is 0 Å². The van der Waals surface area contributed by atoms with Crippen molar-refractivity contribution >= 4 is 17.4 Å². The molecule has 20 heavy (non-hydrogen) atoms. The zero-order chi connectivity index (χ0) is 14.7. The lowest BCUT2D eigenvalue weighted by Gasteiger charge is -2.28. The van der Waals surface area contributed by atoms with Gasteiger partial charge in [-0.05, 0) is 43.2 Å². The number of rotatable bonds is 4. The number of nitrogens with two attached hydrogens (primary N) is 1. The number of hydrogen-bond donors (Lipinski definition) is 1. The first-order chi connectivity index (χ1) is 9.54. The van der Waals surface area contributed by atoms with Crippen LogP contribution < -0.4 is 10.6 Å². The first kappa shape index (κ1) is 14.8. The second-order valence-corrected chi connectivity index (χ2v) is 5.41. The van der Waals surface area contributed by atoms with Crippen molar-refractivity contribution in [2.24, 2.45) is 5.73 Å². The predicted octanol–water partition coefficient (Wildman–Crippen LogP) is 3.70. The lowest BCUT2D eigenvalue weighted by Crippen LogP contribution is -2.25. The van der Waals surface area contributed by atoms with Crippen LogP contribution in [-0.2, 0) is 6.54 Å². The van der Waals surface area contributed by atoms with Crippen LogP contribution in [0.25, 0.3) is 0 Å². The summed E-state index contributed by atoms with van der Waals surface area (Å²) in [6, 6.07) is 10.1. The predicted molar refractivity (Wildman–Crippen MR) is 85.1 cm³/mol. The number of benzene rings is 1. The molecule has 1 aromatic carbocycles. The molecule has 0 aliphatic rings. The molecule has 0 aliphatic carbocycles. The smallest absolute Gasteiger partial charge is 0.133 e. The molecule has 4 heteroatoms. The van der Waals surface area contributed by atoms with Gasteiger partial charge in [0.25, 0.3) is 0 Å². The van der Waals surface area contributed by atoms with E-state index in [4.69, 9.17) is 17.3 Å². The Morgan fingerprint density at radius 2 is 2.10 bits per heavy atom. The van der Waals surface area contributed by atoms with E-state index in [2.05, 4.69) is 29.8 Å². The fourth-order valence-electron chi connectivity index (χ4n) is 2.30. The van der Waals surface area contributed by atoms with Crippen molar-refractivity contribution in [3.8, 4) is 0 Å². The zero-order valence-electron chi connectivity index (χ0n) is 12.1. The van der Waals surface area contributed by atoms with Crippen LogP contribution in [0.1, 0.15) is 29.7 Å². The molecule has 0 aliphatic heterocycles. The molecular weight excluding hydrogens is 270 g/mol. The third-order valence-corrected chi connectivity index (χ3v) is 3.95. The number of pyridine rings is 1. The van der Waals surface area contributed by atoms with Gasteiger partial charge in [0.1, 0.15) is 5.82 Å². The number of hydrogen-bond acceptors (Lipinski definition) is 3. The number of aryl methyl sites for hydroxylation is 1. The maximum Gasteiger partial charge on any atom is 0.133 e. The van der Waals surface area contributed by atoms with E-state index in [1.807, 2.05) is 37.5 Å². The fraction of sp³-hybridized carbons (Fsp3) is 0.312. The van der Waals surface area contributed by atoms with Crippen molar-refractivity contribution in [2.75, 3.05) is 11.9 Å². The van der Waals surface area contributed by atoms with Crippen molar-refractivity contribution in [1.29, 1.82) is 0 Å². The van der Waals surface area contributed by atoms with Crippen LogP contribution >= 0.6 is 11.6 Å². The molecule has 1 aromatic heterocycles. The Morgan fingerprint density at radius 1 is 1.35 bits per heavy atom. The van der Waals surface area contributed by atoms with Gasteiger partial charge in [-0.3, -0.25) is 0 Å². The molecule has 2 aromatic rings. The topological polar surface area (TPSA) is 42.2 Å². The fourth-order valence-corrected chi connectivity index (χ4v) is 2.50. The Labute approximate surface area is 125 Å². The van der Waals surface area contributed by atoms with Gasteiger partial charge in [-0.25, -0.2) is 4.98 Å². The Bertz CT molecular complexity index is 598. The lowest BCUT2D eigenvalue weighted by molar-refractivity contribution is 0.721. The van der Waals surface area contributed by atoms with Gasteiger partial charge in [-0.2, -0.15) is 0 Å². The highest BCUT2D eigenvalue weighted by Gasteiger charge is 2.17. The molecule has 106 valence electrons. The van der Waals surface area contributed by atoms with Crippen LogP contribution in [0.4, 0.5) is 5.82 Å². The highest BCUT2D eigenvalue weighted by molar-refractivity contribution is 6.30. The molecule has 1 unspecified atom stereocenters. The van der Waals surface area contributed by atoms with Gasteiger partial charge in [0.2, 0.25) is 0 Å². The molecular formula is C16H20ClN3. The van der Waals surface area contributed by atoms with Gasteiger partial charge in [0.05, 0.1) is 6.04 Å². The molecule has 0 amide bonds. The number of halogens is 1. The van der Waals surface area contributed by atoms with Crippen molar-refractivity contribution in [3.63, 3.8) is 0 Å². The highest BCUT2D eigenvalue weighted by Crippen LogP contribution is 2.28. The van der Waals surface area contributed by atoms with Crippen LogP contribution in [0.5, 0.6) is 0 Å². The third-order valence-electron chi connectivity index (χ3n) is 3.72. The van der Waals surface area contributed by atoms with Crippen molar-refractivity contribution in [2.45, 2.75) is 26.4 Å². The average molecular weight is 290 g/mol. The number of anilines is 1. The molecule has 0 saturated heterocycles. The standard InChI is InChI=1S/C16H20ClN3/c1-11-7-8-19-16(15(11)10-18)20(3)12(2)13-5-4-6-14(17)9-13/h4-9,12H,10,18H2,1-3H3. The monoisotopic (exact) mass is 289 g/mol. The molecule has 2 rings (SSSR count). The average Bonchev–Trinajstić information content (AvgIpc) is 2.45. The zero-order valence-corrected chi connectivity index (χ0v) is 12.9. The maximum atomic E-state index is 6.07. The molecule has 0 bridgehead atoms. The second kappa shape index (κ2) is 6.25. The molecule has 0 fully saturated rings. The van der Waals surface area contributed by atoms with Crippen LogP contribution in [0, 0.1) is 6.92 Å². The van der Waals surface area contributed by atoms with E-state index in [9.17, 15) is 0 Å². The summed E-state index contributed by atoms with van der Waals surface area (Å²) in [7, 11) is 2.03. The van der Waals surface area contributed by atoms with Crippen LogP contribution in [0.15, 0.2) is 36.5 Å². The van der Waals surface area contributed by atoms with Crippen molar-refractivity contribution < 1.29 is 0 Å². The van der Waals surface area contributed by atoms with Crippen LogP contribution in [0.2, 0.25) is 5.02 Å². The summed E-state index contributed by atoms with van der Waals surface area (Å²) < 4.78 is 0. The molecule has 0 saturated carbocycles. The second-order valence-electron chi connectivity index (χ2n) is 4.98. The summed E-state index contributed by atoms with van der Waals surface area (Å²) in [5.41, 5.74) is 9.28. The summed E-state index contributed by atoms with van der Waals surface area (Å²) in [5.74, 6) is 0.931. The normalized spacial score (nSPS) is 12.2. The minimum atomic E-state index is 0.174. The van der Waals surface area contributed by atoms with Gasteiger partial charge < -0.3 is 10.6 Å². The summed E-state index contributed by atoms with van der Waals surface area (Å²) in [5, 5.41) is 0.749. The number of nitrogens with zero attached hydrogens (tertiary/aromatic N) is 2. The van der Waals surface area contributed by atoms with E-state index in [1.165, 1.54) is 5.56 Å². The minimum absolute atomic E-state index is 0.174. The van der Waals surface area contributed by atoms with E-state index < -0.39 is 0 Å². The van der Waals surface area contributed by atoms with E-state index >= 15 is 0 Å². The summed E-state index contributed by atoms with van der Waals surface area (Å²) >= 11 is 6.07. The first-order valence-electron chi connectivity index (χ1n) is 6.67. The lowest BCUT2D eigenvalue weighted by atomic mass is 10.1. The summed E-state index contributed by atoms with van der Waals surface area (Å²) in [6.45, 7) is 4.68. The third kappa shape index (κ3) is 2.94. The van der Waals surface area contributed by atoms with E-state index in [0.29, 0.717) is 6.54 Å². The number of aromatic nitrogens is 1. The Morgan fingerprint density at radius 3 is 2.75 bits per heavy atom. The minimum Gasteiger partial charge on any atom is -0.353 e. The SMILES string of the molecule is Cc1ccnc(N(C)C(C)c2cccc(Cl)c2)c1CN. The quantitative estimate of drug-likeness (QED) is 0.933. The van der Waals surface area contributed by atoms with Gasteiger partial charge in [0, 0.05) is 30.4 Å². The van der Waals surface area contributed by atoms with Crippen LogP contribution in [-0.4, -0.2) is 12.0 Å². The maximum absolute atomic E-state index is 6.07. The van der Waals surface area contributed by atoms with Crippen molar-refractivity contribution in [3.05, 3.63) is 58.2 Å². The Balaban J connectivity index is 2.36. The van der Waals surface area contributed by atoms with E-state index in [0.717, 1.165) is 22.0 Å². The molecule has 2 N–H and O–H groups in total. The summed E-state index contributed by atoms with van der Waals surface area (Å²) in [6.07, 6.45) is 1.82. The molecule has 1 heterocycles. The Hall–Kier alpha value is -1.58. The van der Waals surface area contributed by atoms with Crippen molar-refractivity contribution in [1.82, 2.24) is 4.98 Å². The highest BCUT2D eigenvalue weighted by atomic mass is 35.5. The Kier molecular flexibility index (Phi) is 4.63. The molecule has 0 spiro atoms. The molecule has 3 nitrogen and oxygen atoms in total.